The molecule has 7 heteroatoms. The van der Waals surface area contributed by atoms with Crippen molar-refractivity contribution in [1.29, 1.82) is 0 Å². The van der Waals surface area contributed by atoms with Crippen molar-refractivity contribution in [3.8, 4) is 0 Å². The molecule has 0 radical (unpaired) electrons. The number of ketones is 1. The van der Waals surface area contributed by atoms with Crippen LogP contribution in [0.3, 0.4) is 0 Å². The van der Waals surface area contributed by atoms with Crippen molar-refractivity contribution < 1.29 is 29.0 Å². The molecule has 0 bridgehead atoms. The molecule has 3 aromatic rings. The quantitative estimate of drug-likeness (QED) is 0.285. The molecule has 220 valence electrons. The highest BCUT2D eigenvalue weighted by Gasteiger charge is 2.48. The van der Waals surface area contributed by atoms with Gasteiger partial charge in [-0.25, -0.2) is 4.79 Å². The van der Waals surface area contributed by atoms with Crippen LogP contribution in [0.25, 0.3) is 0 Å². The first-order valence-electron chi connectivity index (χ1n) is 14.1. The minimum Gasteiger partial charge on any atom is -0.512 e. The van der Waals surface area contributed by atoms with Crippen LogP contribution in [0.15, 0.2) is 102 Å². The van der Waals surface area contributed by atoms with E-state index in [9.17, 15) is 19.5 Å². The Balaban J connectivity index is 2.34. The van der Waals surface area contributed by atoms with E-state index in [1.165, 1.54) is 0 Å². The predicted molar refractivity (Wildman–Crippen MR) is 169 cm³/mol. The molecule has 0 aliphatic heterocycles. The highest BCUT2D eigenvalue weighted by molar-refractivity contribution is 7.96. The second-order valence-corrected chi connectivity index (χ2v) is 15.7. The number of hydrogen-bond acceptors (Lipinski definition) is 6. The lowest BCUT2D eigenvalue weighted by molar-refractivity contribution is -0.158. The van der Waals surface area contributed by atoms with Crippen LogP contribution in [0, 0.1) is 5.92 Å². The van der Waals surface area contributed by atoms with E-state index in [0.717, 1.165) is 15.9 Å². The summed E-state index contributed by atoms with van der Waals surface area (Å²) in [7, 11) is 0. The molecule has 0 amide bonds. The molecule has 1 unspecified atom stereocenters. The summed E-state index contributed by atoms with van der Waals surface area (Å²) in [6.45, 7) is 7.23. The van der Waals surface area contributed by atoms with Crippen LogP contribution >= 0.6 is 6.89 Å². The van der Waals surface area contributed by atoms with Crippen LogP contribution in [-0.4, -0.2) is 39.3 Å². The van der Waals surface area contributed by atoms with Gasteiger partial charge in [0.05, 0.1) is 10.9 Å². The van der Waals surface area contributed by atoms with Gasteiger partial charge in [-0.3, -0.25) is 9.59 Å². The second-order valence-electron chi connectivity index (χ2n) is 12.3. The van der Waals surface area contributed by atoms with E-state index < -0.39 is 41.7 Å². The van der Waals surface area contributed by atoms with E-state index in [1.54, 1.807) is 41.5 Å². The number of Topliss-reactive ketones (excluding diaryl/α,β-unsaturated/α-hetero) is 1. The molecule has 0 heterocycles. The number of benzene rings is 3. The molecular formula is C35H39O6P. The molecule has 3 aromatic carbocycles. The maximum Gasteiger partial charge on any atom is 0.336 e. The summed E-state index contributed by atoms with van der Waals surface area (Å²) in [5.41, 5.74) is -1.95. The molecule has 1 aliphatic carbocycles. The standard InChI is InChI=1S/C35H39O6P/c1-34(2,3)40-32(38)30(29-27(36)22-23-28(29)37)31(33(39)41-35(4,5)6)42(24-16-10-7-11-17-24,25-18-12-8-13-19-25)26-20-14-9-15-21-26/h7-21,30,36H,22-23H2,1-6H3. The molecule has 0 fully saturated rings. The average molecular weight is 587 g/mol. The lowest BCUT2D eigenvalue weighted by Gasteiger charge is -2.36. The van der Waals surface area contributed by atoms with E-state index in [2.05, 4.69) is 0 Å². The minimum absolute atomic E-state index is 0.0372. The van der Waals surface area contributed by atoms with Crippen LogP contribution in [0.1, 0.15) is 54.4 Å². The van der Waals surface area contributed by atoms with Gasteiger partial charge in [0.25, 0.3) is 0 Å². The molecule has 1 aliphatic rings. The van der Waals surface area contributed by atoms with Gasteiger partial charge in [0.2, 0.25) is 0 Å². The van der Waals surface area contributed by atoms with Crippen LogP contribution < -0.4 is 15.9 Å². The summed E-state index contributed by atoms with van der Waals surface area (Å²) in [5, 5.41) is 13.6. The van der Waals surface area contributed by atoms with Gasteiger partial charge in [0.15, 0.2) is 5.78 Å². The highest BCUT2D eigenvalue weighted by atomic mass is 31.2. The Kier molecular flexibility index (Phi) is 8.98. The number of esters is 2. The molecular weight excluding hydrogens is 547 g/mol. The number of hydrogen-bond donors (Lipinski definition) is 1. The van der Waals surface area contributed by atoms with Gasteiger partial charge in [0.1, 0.15) is 22.9 Å². The molecule has 1 N–H and O–H groups in total. The normalized spacial score (nSPS) is 14.9. The zero-order chi connectivity index (χ0) is 30.7. The van der Waals surface area contributed by atoms with Crippen molar-refractivity contribution >= 4 is 45.8 Å². The fourth-order valence-electron chi connectivity index (χ4n) is 5.31. The average Bonchev–Trinajstić information content (AvgIpc) is 3.25. The lowest BCUT2D eigenvalue weighted by Crippen LogP contribution is -2.45. The second kappa shape index (κ2) is 12.1. The van der Waals surface area contributed by atoms with Gasteiger partial charge < -0.3 is 14.6 Å². The maximum absolute atomic E-state index is 14.8. The fourth-order valence-corrected chi connectivity index (χ4v) is 9.84. The number of aliphatic hydroxyl groups excluding tert-OH is 1. The van der Waals surface area contributed by atoms with Gasteiger partial charge in [-0.1, -0.05) is 91.0 Å². The molecule has 0 saturated carbocycles. The van der Waals surface area contributed by atoms with Crippen LogP contribution in [0.2, 0.25) is 0 Å². The largest absolute Gasteiger partial charge is 0.512 e. The summed E-state index contributed by atoms with van der Waals surface area (Å²) < 4.78 is 12.0. The molecule has 1 atom stereocenters. The first-order valence-corrected chi connectivity index (χ1v) is 15.9. The van der Waals surface area contributed by atoms with Crippen LogP contribution in [0.5, 0.6) is 0 Å². The molecule has 42 heavy (non-hydrogen) atoms. The van der Waals surface area contributed by atoms with Gasteiger partial charge in [-0.15, -0.1) is 0 Å². The Labute approximate surface area is 248 Å². The maximum atomic E-state index is 14.8. The Bertz CT molecular complexity index is 1440. The Morgan fingerprint density at radius 1 is 0.690 bits per heavy atom. The zero-order valence-electron chi connectivity index (χ0n) is 25.1. The van der Waals surface area contributed by atoms with Crippen molar-refractivity contribution in [3.05, 3.63) is 102 Å². The van der Waals surface area contributed by atoms with Gasteiger partial charge in [0, 0.05) is 12.8 Å². The van der Waals surface area contributed by atoms with E-state index in [0.29, 0.717) is 0 Å². The smallest absolute Gasteiger partial charge is 0.336 e. The molecule has 6 nitrogen and oxygen atoms in total. The molecule has 0 saturated heterocycles. The number of carbonyl (C=O) groups excluding carboxylic acids is 3. The van der Waals surface area contributed by atoms with Crippen LogP contribution in [0.4, 0.5) is 0 Å². The topological polar surface area (TPSA) is 89.9 Å². The SMILES string of the molecule is CC(C)(C)OC(=O)C(C(C(=O)OC(C)(C)C)C1=C(O)CCC1=O)=P(c1ccccc1)(c1ccccc1)c1ccccc1. The first-order chi connectivity index (χ1) is 19.8. The number of ether oxygens (including phenoxy) is 2. The Morgan fingerprint density at radius 2 is 1.10 bits per heavy atom. The summed E-state index contributed by atoms with van der Waals surface area (Å²) in [6.07, 6.45) is 0.123. The van der Waals surface area contributed by atoms with Gasteiger partial charge in [-0.2, -0.15) is 0 Å². The number of rotatable bonds is 7. The highest BCUT2D eigenvalue weighted by Crippen LogP contribution is 2.50. The monoisotopic (exact) mass is 586 g/mol. The Hall–Kier alpha value is -3.89. The van der Waals surface area contributed by atoms with E-state index >= 15 is 0 Å². The number of aliphatic hydroxyl groups is 1. The van der Waals surface area contributed by atoms with E-state index in [4.69, 9.17) is 9.47 Å². The predicted octanol–water partition coefficient (Wildman–Crippen LogP) is 5.63. The van der Waals surface area contributed by atoms with Crippen LogP contribution in [-0.2, 0) is 23.9 Å². The van der Waals surface area contributed by atoms with Crippen molar-refractivity contribution in [2.75, 3.05) is 0 Å². The van der Waals surface area contributed by atoms with Crippen molar-refractivity contribution in [2.45, 2.75) is 65.6 Å². The van der Waals surface area contributed by atoms with Crippen molar-refractivity contribution in [3.63, 3.8) is 0 Å². The van der Waals surface area contributed by atoms with E-state index in [1.807, 2.05) is 91.0 Å². The molecule has 0 aromatic heterocycles. The number of carbonyl (C=O) groups is 3. The molecule has 0 spiro atoms. The third-order valence-corrected chi connectivity index (χ3v) is 11.2. The van der Waals surface area contributed by atoms with Crippen molar-refractivity contribution in [1.82, 2.24) is 0 Å². The summed E-state index contributed by atoms with van der Waals surface area (Å²) in [5.74, 6) is -3.60. The lowest BCUT2D eigenvalue weighted by atomic mass is 9.93. The fraction of sp³-hybridized carbons (Fsp3) is 0.314. The third kappa shape index (κ3) is 6.44. The van der Waals surface area contributed by atoms with E-state index in [-0.39, 0.29) is 29.5 Å². The van der Waals surface area contributed by atoms with Gasteiger partial charge >= 0.3 is 11.9 Å². The summed E-state index contributed by atoms with van der Waals surface area (Å²) in [6, 6.07) is 28.7. The zero-order valence-corrected chi connectivity index (χ0v) is 26.0. The van der Waals surface area contributed by atoms with Gasteiger partial charge in [-0.05, 0) is 64.3 Å². The summed E-state index contributed by atoms with van der Waals surface area (Å²) in [4.78, 5) is 42.6. The van der Waals surface area contributed by atoms with Crippen molar-refractivity contribution in [2.24, 2.45) is 5.92 Å². The Morgan fingerprint density at radius 3 is 1.43 bits per heavy atom. The molecule has 4 rings (SSSR count). The third-order valence-electron chi connectivity index (χ3n) is 6.80. The first kappa shape index (κ1) is 31.1. The minimum atomic E-state index is -3.24. The number of allylic oxidation sites excluding steroid dienone is 1. The summed E-state index contributed by atoms with van der Waals surface area (Å²) >= 11 is 0.